The first-order valence-electron chi connectivity index (χ1n) is 9.06. The maximum Gasteiger partial charge on any atom is 0.416 e. The molecule has 12 heteroatoms. The third-order valence-electron chi connectivity index (χ3n) is 4.47. The molecule has 3 rings (SSSR count). The number of hydrogen-bond acceptors (Lipinski definition) is 6. The molecule has 0 aromatic heterocycles. The fourth-order valence-corrected chi connectivity index (χ4v) is 3.18. The third kappa shape index (κ3) is 5.67. The Morgan fingerprint density at radius 2 is 1.87 bits per heavy atom. The van der Waals surface area contributed by atoms with Crippen molar-refractivity contribution in [1.29, 1.82) is 0 Å². The van der Waals surface area contributed by atoms with Gasteiger partial charge in [-0.15, -0.1) is 0 Å². The van der Waals surface area contributed by atoms with Crippen molar-refractivity contribution in [3.8, 4) is 0 Å². The summed E-state index contributed by atoms with van der Waals surface area (Å²) < 4.78 is 44.9. The van der Waals surface area contributed by atoms with Gasteiger partial charge in [-0.3, -0.25) is 20.2 Å². The molecule has 1 saturated heterocycles. The lowest BCUT2D eigenvalue weighted by Crippen LogP contribution is -2.38. The van der Waals surface area contributed by atoms with E-state index in [1.165, 1.54) is 24.3 Å². The van der Waals surface area contributed by atoms with Crippen molar-refractivity contribution in [3.63, 3.8) is 0 Å². The molecule has 1 fully saturated rings. The molecule has 0 saturated carbocycles. The molecule has 0 spiro atoms. The van der Waals surface area contributed by atoms with E-state index in [2.05, 4.69) is 10.6 Å². The number of anilines is 2. The molecule has 1 aliphatic heterocycles. The van der Waals surface area contributed by atoms with Crippen LogP contribution in [0.1, 0.15) is 15.9 Å². The number of nitrogens with one attached hydrogen (secondary N) is 2. The van der Waals surface area contributed by atoms with Crippen LogP contribution in [0, 0.1) is 10.1 Å². The summed E-state index contributed by atoms with van der Waals surface area (Å²) >= 11 is 5.09. The zero-order chi connectivity index (χ0) is 22.6. The molecule has 2 aromatic rings. The summed E-state index contributed by atoms with van der Waals surface area (Å²) in [5, 5.41) is 15.6. The van der Waals surface area contributed by atoms with Gasteiger partial charge < -0.3 is 15.0 Å². The van der Waals surface area contributed by atoms with Gasteiger partial charge >= 0.3 is 6.18 Å². The molecule has 1 aliphatic rings. The average Bonchev–Trinajstić information content (AvgIpc) is 2.73. The SMILES string of the molecule is O=C(NC(=S)Nc1cc(C(F)(F)F)ccc1N1CCOCC1)c1cccc([N+](=O)[O-])c1. The number of non-ortho nitro benzene ring substituents is 1. The Morgan fingerprint density at radius 1 is 1.16 bits per heavy atom. The number of benzene rings is 2. The number of morpholine rings is 1. The number of nitro benzene ring substituents is 1. The lowest BCUT2D eigenvalue weighted by molar-refractivity contribution is -0.384. The van der Waals surface area contributed by atoms with Crippen LogP contribution in [-0.4, -0.2) is 42.2 Å². The van der Waals surface area contributed by atoms with Crippen LogP contribution in [0.15, 0.2) is 42.5 Å². The molecule has 2 N–H and O–H groups in total. The van der Waals surface area contributed by atoms with E-state index in [-0.39, 0.29) is 22.1 Å². The molecule has 0 bridgehead atoms. The van der Waals surface area contributed by atoms with Crippen LogP contribution in [0.5, 0.6) is 0 Å². The topological polar surface area (TPSA) is 96.7 Å². The van der Waals surface area contributed by atoms with Gasteiger partial charge in [0.1, 0.15) is 0 Å². The first-order valence-corrected chi connectivity index (χ1v) is 9.47. The molecular formula is C19H17F3N4O4S. The minimum absolute atomic E-state index is 0.0178. The Bertz CT molecular complexity index is 1010. The molecule has 0 atom stereocenters. The Hall–Kier alpha value is -3.25. The van der Waals surface area contributed by atoms with Gasteiger partial charge in [0.15, 0.2) is 5.11 Å². The normalized spacial score (nSPS) is 14.1. The van der Waals surface area contributed by atoms with Crippen molar-refractivity contribution in [1.82, 2.24) is 5.32 Å². The predicted molar refractivity (Wildman–Crippen MR) is 111 cm³/mol. The summed E-state index contributed by atoms with van der Waals surface area (Å²) in [6.45, 7) is 1.81. The van der Waals surface area contributed by atoms with Gasteiger partial charge in [0.2, 0.25) is 0 Å². The molecule has 31 heavy (non-hydrogen) atoms. The van der Waals surface area contributed by atoms with E-state index < -0.39 is 22.6 Å². The second-order valence-corrected chi connectivity index (χ2v) is 6.95. The first kappa shape index (κ1) is 22.4. The fourth-order valence-electron chi connectivity index (χ4n) is 2.98. The standard InChI is InChI=1S/C19H17F3N4O4S/c20-19(21,22)13-4-5-16(25-6-8-30-9-7-25)15(11-13)23-18(31)24-17(27)12-2-1-3-14(10-12)26(28)29/h1-5,10-11H,6-9H2,(H2,23,24,27,31). The third-order valence-corrected chi connectivity index (χ3v) is 4.67. The zero-order valence-electron chi connectivity index (χ0n) is 15.9. The molecule has 164 valence electrons. The van der Waals surface area contributed by atoms with E-state index in [9.17, 15) is 28.1 Å². The number of amides is 1. The second-order valence-electron chi connectivity index (χ2n) is 6.54. The summed E-state index contributed by atoms with van der Waals surface area (Å²) in [7, 11) is 0. The highest BCUT2D eigenvalue weighted by atomic mass is 32.1. The molecule has 0 unspecified atom stereocenters. The van der Waals surface area contributed by atoms with Gasteiger partial charge in [0.05, 0.1) is 35.1 Å². The number of ether oxygens (including phenoxy) is 1. The van der Waals surface area contributed by atoms with Crippen LogP contribution in [0.3, 0.4) is 0 Å². The predicted octanol–water partition coefficient (Wildman–Crippen LogP) is 3.58. The number of rotatable bonds is 4. The number of hydrogen-bond donors (Lipinski definition) is 2. The Kier molecular flexibility index (Phi) is 6.71. The van der Waals surface area contributed by atoms with Gasteiger partial charge in [-0.25, -0.2) is 0 Å². The molecule has 2 aromatic carbocycles. The average molecular weight is 454 g/mol. The van der Waals surface area contributed by atoms with Crippen LogP contribution >= 0.6 is 12.2 Å². The highest BCUT2D eigenvalue weighted by molar-refractivity contribution is 7.80. The van der Waals surface area contributed by atoms with Crippen molar-refractivity contribution in [2.75, 3.05) is 36.5 Å². The van der Waals surface area contributed by atoms with E-state index in [0.29, 0.717) is 32.0 Å². The van der Waals surface area contributed by atoms with Crippen LogP contribution in [0.25, 0.3) is 0 Å². The van der Waals surface area contributed by atoms with E-state index >= 15 is 0 Å². The van der Waals surface area contributed by atoms with Crippen molar-refractivity contribution in [2.45, 2.75) is 6.18 Å². The lowest BCUT2D eigenvalue weighted by Gasteiger charge is -2.31. The first-order chi connectivity index (χ1) is 14.6. The molecule has 8 nitrogen and oxygen atoms in total. The summed E-state index contributed by atoms with van der Waals surface area (Å²) in [5.41, 5.74) is -0.626. The largest absolute Gasteiger partial charge is 0.416 e. The Balaban J connectivity index is 1.81. The van der Waals surface area contributed by atoms with Crippen molar-refractivity contribution in [2.24, 2.45) is 0 Å². The Labute approximate surface area is 180 Å². The van der Waals surface area contributed by atoms with E-state index in [1.807, 2.05) is 4.90 Å². The fraction of sp³-hybridized carbons (Fsp3) is 0.263. The molecule has 0 radical (unpaired) electrons. The highest BCUT2D eigenvalue weighted by Crippen LogP contribution is 2.35. The smallest absolute Gasteiger partial charge is 0.378 e. The monoisotopic (exact) mass is 454 g/mol. The van der Waals surface area contributed by atoms with Gasteiger partial charge in [-0.2, -0.15) is 13.2 Å². The van der Waals surface area contributed by atoms with Gasteiger partial charge in [-0.05, 0) is 36.5 Å². The second kappa shape index (κ2) is 9.27. The number of halogens is 3. The lowest BCUT2D eigenvalue weighted by atomic mass is 10.1. The Morgan fingerprint density at radius 3 is 2.52 bits per heavy atom. The number of nitro groups is 1. The van der Waals surface area contributed by atoms with E-state index in [0.717, 1.165) is 18.2 Å². The maximum atomic E-state index is 13.2. The summed E-state index contributed by atoms with van der Waals surface area (Å²) in [6, 6.07) is 8.21. The van der Waals surface area contributed by atoms with Crippen molar-refractivity contribution < 1.29 is 27.6 Å². The zero-order valence-corrected chi connectivity index (χ0v) is 16.8. The molecular weight excluding hydrogens is 437 g/mol. The van der Waals surface area contributed by atoms with Gasteiger partial charge in [-0.1, -0.05) is 6.07 Å². The van der Waals surface area contributed by atoms with Crippen molar-refractivity contribution >= 4 is 40.3 Å². The maximum absolute atomic E-state index is 13.2. The van der Waals surface area contributed by atoms with Crippen molar-refractivity contribution in [3.05, 3.63) is 63.7 Å². The molecule has 1 amide bonds. The summed E-state index contributed by atoms with van der Waals surface area (Å²) in [5.74, 6) is -0.735. The van der Waals surface area contributed by atoms with E-state index in [1.54, 1.807) is 0 Å². The number of carbonyl (C=O) groups excluding carboxylic acids is 1. The summed E-state index contributed by atoms with van der Waals surface area (Å²) in [4.78, 5) is 24.4. The van der Waals surface area contributed by atoms with E-state index in [4.69, 9.17) is 17.0 Å². The van der Waals surface area contributed by atoms with Gasteiger partial charge in [0.25, 0.3) is 11.6 Å². The summed E-state index contributed by atoms with van der Waals surface area (Å²) in [6.07, 6.45) is -4.56. The molecule has 0 aliphatic carbocycles. The minimum atomic E-state index is -4.56. The number of alkyl halides is 3. The van der Waals surface area contributed by atoms with Gasteiger partial charge in [0, 0.05) is 30.8 Å². The minimum Gasteiger partial charge on any atom is -0.378 e. The molecule has 1 heterocycles. The number of thiocarbonyl (C=S) groups is 1. The van der Waals surface area contributed by atoms with Crippen LogP contribution in [-0.2, 0) is 10.9 Å². The quantitative estimate of drug-likeness (QED) is 0.414. The number of carbonyl (C=O) groups is 1. The van der Waals surface area contributed by atoms with Crippen LogP contribution in [0.2, 0.25) is 0 Å². The number of nitrogens with zero attached hydrogens (tertiary/aromatic N) is 2. The van der Waals surface area contributed by atoms with Crippen LogP contribution < -0.4 is 15.5 Å². The highest BCUT2D eigenvalue weighted by Gasteiger charge is 2.32. The van der Waals surface area contributed by atoms with Crippen LogP contribution in [0.4, 0.5) is 30.2 Å².